The van der Waals surface area contributed by atoms with Crippen molar-refractivity contribution in [1.29, 1.82) is 0 Å². The van der Waals surface area contributed by atoms with Crippen LogP contribution >= 0.6 is 0 Å². The summed E-state index contributed by atoms with van der Waals surface area (Å²) in [6, 6.07) is 0. The summed E-state index contributed by atoms with van der Waals surface area (Å²) in [7, 11) is 0. The maximum atomic E-state index is 5.70. The summed E-state index contributed by atoms with van der Waals surface area (Å²) in [5.74, 6) is 0.595. The van der Waals surface area contributed by atoms with Crippen LogP contribution < -0.4 is 11.1 Å². The number of nitrogens with two attached hydrogens (primary N) is 1. The molecule has 0 saturated heterocycles. The number of aliphatic imine (C=N–C) groups is 1. The van der Waals surface area contributed by atoms with Crippen LogP contribution in [-0.2, 0) is 0 Å². The number of unbranched alkanes of at least 4 members (excludes halogenated alkanes) is 1. The predicted molar refractivity (Wildman–Crippen MR) is 68.1 cm³/mol. The first-order chi connectivity index (χ1) is 6.95. The Balaban J connectivity index is 3.50. The van der Waals surface area contributed by atoms with Crippen LogP contribution in [0.3, 0.4) is 0 Å². The Bertz CT molecular complexity index is 180. The summed E-state index contributed by atoms with van der Waals surface area (Å²) in [6.45, 7) is 10.7. The molecule has 0 fully saturated rings. The van der Waals surface area contributed by atoms with Crippen molar-refractivity contribution in [2.45, 2.75) is 53.4 Å². The Morgan fingerprint density at radius 1 is 1.27 bits per heavy atom. The highest BCUT2D eigenvalue weighted by atomic mass is 15.1. The van der Waals surface area contributed by atoms with Crippen LogP contribution in [0.4, 0.5) is 0 Å². The van der Waals surface area contributed by atoms with Crippen molar-refractivity contribution in [1.82, 2.24) is 5.32 Å². The van der Waals surface area contributed by atoms with Gasteiger partial charge in [0.2, 0.25) is 0 Å². The second-order valence-electron chi connectivity index (χ2n) is 5.21. The number of nitrogens with zero attached hydrogens (tertiary/aromatic N) is 1. The van der Waals surface area contributed by atoms with E-state index >= 15 is 0 Å². The highest BCUT2D eigenvalue weighted by molar-refractivity contribution is 5.77. The van der Waals surface area contributed by atoms with E-state index in [-0.39, 0.29) is 0 Å². The Morgan fingerprint density at radius 2 is 1.93 bits per heavy atom. The fraction of sp³-hybridized carbons (Fsp3) is 0.917. The van der Waals surface area contributed by atoms with E-state index in [1.165, 1.54) is 12.8 Å². The summed E-state index contributed by atoms with van der Waals surface area (Å²) in [6.07, 6.45) is 4.64. The van der Waals surface area contributed by atoms with E-state index in [0.29, 0.717) is 11.4 Å². The van der Waals surface area contributed by atoms with Gasteiger partial charge in [-0.1, -0.05) is 34.1 Å². The summed E-state index contributed by atoms with van der Waals surface area (Å²) < 4.78 is 0. The van der Waals surface area contributed by atoms with Crippen LogP contribution in [0.5, 0.6) is 0 Å². The number of guanidine groups is 1. The zero-order valence-electron chi connectivity index (χ0n) is 10.8. The average molecular weight is 213 g/mol. The van der Waals surface area contributed by atoms with Gasteiger partial charge in [-0.2, -0.15) is 0 Å². The lowest BCUT2D eigenvalue weighted by Crippen LogP contribution is -2.32. The first-order valence-corrected chi connectivity index (χ1v) is 5.99. The first kappa shape index (κ1) is 14.3. The minimum absolute atomic E-state index is 0.403. The fourth-order valence-corrected chi connectivity index (χ4v) is 1.26. The van der Waals surface area contributed by atoms with Crippen molar-refractivity contribution in [3.05, 3.63) is 0 Å². The van der Waals surface area contributed by atoms with E-state index < -0.39 is 0 Å². The number of hydrogen-bond donors (Lipinski definition) is 2. The number of hydrogen-bond acceptors (Lipinski definition) is 1. The molecule has 0 heterocycles. The molecule has 3 N–H and O–H groups in total. The molecule has 0 aliphatic rings. The van der Waals surface area contributed by atoms with E-state index in [0.717, 1.165) is 25.9 Å². The van der Waals surface area contributed by atoms with E-state index in [1.807, 2.05) is 0 Å². The maximum Gasteiger partial charge on any atom is 0.188 e. The van der Waals surface area contributed by atoms with Gasteiger partial charge in [-0.15, -0.1) is 0 Å². The van der Waals surface area contributed by atoms with Crippen LogP contribution in [-0.4, -0.2) is 19.0 Å². The highest BCUT2D eigenvalue weighted by Crippen LogP contribution is 2.20. The van der Waals surface area contributed by atoms with Crippen molar-refractivity contribution in [3.63, 3.8) is 0 Å². The third-order valence-corrected chi connectivity index (χ3v) is 2.20. The molecule has 0 aromatic carbocycles. The maximum absolute atomic E-state index is 5.70. The largest absolute Gasteiger partial charge is 0.370 e. The molecule has 0 saturated carbocycles. The Labute approximate surface area is 94.5 Å². The molecule has 90 valence electrons. The molecule has 3 nitrogen and oxygen atoms in total. The van der Waals surface area contributed by atoms with E-state index in [9.17, 15) is 0 Å². The Morgan fingerprint density at radius 3 is 2.47 bits per heavy atom. The normalized spacial score (nSPS) is 12.9. The Hall–Kier alpha value is -0.730. The van der Waals surface area contributed by atoms with Crippen LogP contribution in [0.1, 0.15) is 53.4 Å². The highest BCUT2D eigenvalue weighted by Gasteiger charge is 2.08. The summed E-state index contributed by atoms with van der Waals surface area (Å²) in [4.78, 5) is 4.28. The molecular formula is C12H27N3. The molecule has 0 aliphatic heterocycles. The monoisotopic (exact) mass is 213 g/mol. The van der Waals surface area contributed by atoms with Crippen LogP contribution in [0.2, 0.25) is 0 Å². The number of rotatable bonds is 6. The Kier molecular flexibility index (Phi) is 7.18. The lowest BCUT2D eigenvalue weighted by molar-refractivity contribution is 0.368. The predicted octanol–water partition coefficient (Wildman–Crippen LogP) is 2.52. The van der Waals surface area contributed by atoms with E-state index in [2.05, 4.69) is 38.0 Å². The number of nitrogens with one attached hydrogen (secondary N) is 1. The minimum atomic E-state index is 0.403. The molecule has 0 radical (unpaired) electrons. The van der Waals surface area contributed by atoms with Crippen molar-refractivity contribution in [2.24, 2.45) is 16.1 Å². The third kappa shape index (κ3) is 11.2. The average Bonchev–Trinajstić information content (AvgIpc) is 2.11. The second-order valence-corrected chi connectivity index (χ2v) is 5.21. The molecule has 0 aliphatic carbocycles. The van der Waals surface area contributed by atoms with Crippen LogP contribution in [0.25, 0.3) is 0 Å². The molecule has 3 heteroatoms. The molecule has 0 bridgehead atoms. The summed E-state index contributed by atoms with van der Waals surface area (Å²) >= 11 is 0. The molecule has 0 aromatic rings. The van der Waals surface area contributed by atoms with Crippen molar-refractivity contribution >= 4 is 5.96 Å². The lowest BCUT2D eigenvalue weighted by atomic mass is 9.91. The molecule has 15 heavy (non-hydrogen) atoms. The molecule has 0 spiro atoms. The zero-order valence-corrected chi connectivity index (χ0v) is 10.8. The van der Waals surface area contributed by atoms with Gasteiger partial charge < -0.3 is 11.1 Å². The topological polar surface area (TPSA) is 50.4 Å². The van der Waals surface area contributed by atoms with E-state index in [1.54, 1.807) is 0 Å². The second kappa shape index (κ2) is 7.55. The van der Waals surface area contributed by atoms with Gasteiger partial charge in [0.05, 0.1) is 0 Å². The fourth-order valence-electron chi connectivity index (χ4n) is 1.26. The standard InChI is InChI=1S/C12H27N3/c1-5-6-9-14-11(13)15-10-7-8-12(2,3)4/h5-10H2,1-4H3,(H3,13,14,15). The van der Waals surface area contributed by atoms with E-state index in [4.69, 9.17) is 5.73 Å². The summed E-state index contributed by atoms with van der Waals surface area (Å²) in [5.41, 5.74) is 6.11. The minimum Gasteiger partial charge on any atom is -0.370 e. The summed E-state index contributed by atoms with van der Waals surface area (Å²) in [5, 5.41) is 3.11. The molecular weight excluding hydrogens is 186 g/mol. The van der Waals surface area contributed by atoms with Crippen LogP contribution in [0, 0.1) is 5.41 Å². The zero-order chi connectivity index (χ0) is 11.7. The van der Waals surface area contributed by atoms with Gasteiger partial charge in [0.1, 0.15) is 0 Å². The lowest BCUT2D eigenvalue weighted by Gasteiger charge is -2.16. The molecule has 0 rings (SSSR count). The van der Waals surface area contributed by atoms with Gasteiger partial charge in [0.25, 0.3) is 0 Å². The molecule has 0 amide bonds. The van der Waals surface area contributed by atoms with Gasteiger partial charge in [0, 0.05) is 13.1 Å². The smallest absolute Gasteiger partial charge is 0.188 e. The van der Waals surface area contributed by atoms with Gasteiger partial charge in [-0.3, -0.25) is 4.99 Å². The third-order valence-electron chi connectivity index (χ3n) is 2.20. The van der Waals surface area contributed by atoms with Crippen molar-refractivity contribution in [3.8, 4) is 0 Å². The first-order valence-electron chi connectivity index (χ1n) is 5.99. The van der Waals surface area contributed by atoms with Crippen molar-refractivity contribution in [2.75, 3.05) is 13.1 Å². The molecule has 0 unspecified atom stereocenters. The SMILES string of the molecule is CCCCNC(N)=NCCCC(C)(C)C. The van der Waals surface area contributed by atoms with Crippen LogP contribution in [0.15, 0.2) is 4.99 Å². The van der Waals surface area contributed by atoms with Gasteiger partial charge >= 0.3 is 0 Å². The van der Waals surface area contributed by atoms with Crippen molar-refractivity contribution < 1.29 is 0 Å². The molecule has 0 aromatic heterocycles. The van der Waals surface area contributed by atoms with Gasteiger partial charge in [-0.25, -0.2) is 0 Å². The van der Waals surface area contributed by atoms with Gasteiger partial charge in [-0.05, 0) is 24.7 Å². The molecule has 0 atom stereocenters. The quantitative estimate of drug-likeness (QED) is 0.405. The van der Waals surface area contributed by atoms with Gasteiger partial charge in [0.15, 0.2) is 5.96 Å².